The summed E-state index contributed by atoms with van der Waals surface area (Å²) in [7, 11) is 0. The summed E-state index contributed by atoms with van der Waals surface area (Å²) in [4.78, 5) is -0.0614. The van der Waals surface area contributed by atoms with Crippen molar-refractivity contribution in [2.75, 3.05) is 0 Å². The number of hydrogen-bond acceptors (Lipinski definition) is 1. The van der Waals surface area contributed by atoms with E-state index in [0.29, 0.717) is 0 Å². The Morgan fingerprint density at radius 2 is 1.37 bits per heavy atom. The number of hydrogen-bond donors (Lipinski definition) is 0. The minimum atomic E-state index is -4.66. The van der Waals surface area contributed by atoms with Crippen molar-refractivity contribution in [2.24, 2.45) is 0 Å². The van der Waals surface area contributed by atoms with Gasteiger partial charge in [0.05, 0.1) is 4.83 Å². The number of benzene rings is 2. The van der Waals surface area contributed by atoms with Crippen LogP contribution in [0.2, 0.25) is 0 Å². The van der Waals surface area contributed by atoms with Gasteiger partial charge in [0.15, 0.2) is 0 Å². The highest BCUT2D eigenvalue weighted by molar-refractivity contribution is 9.09. The third-order valence-electron chi connectivity index (χ3n) is 2.50. The highest BCUT2D eigenvalue weighted by Gasteiger charge is 2.31. The molecule has 0 amide bonds. The summed E-state index contributed by atoms with van der Waals surface area (Å²) >= 11 is 3.52. The van der Waals surface area contributed by atoms with Gasteiger partial charge >= 0.3 is 6.36 Å². The van der Waals surface area contributed by atoms with Crippen LogP contribution in [0, 0.1) is 0 Å². The third kappa shape index (κ3) is 3.99. The van der Waals surface area contributed by atoms with Crippen LogP contribution in [0.5, 0.6) is 5.75 Å². The first-order chi connectivity index (χ1) is 8.96. The fraction of sp³-hybridized carbons (Fsp3) is 0.143. The number of ether oxygens (including phenoxy) is 1. The van der Waals surface area contributed by atoms with Crippen LogP contribution < -0.4 is 4.74 Å². The molecule has 0 fully saturated rings. The van der Waals surface area contributed by atoms with E-state index in [1.54, 1.807) is 12.1 Å². The molecule has 2 rings (SSSR count). The number of halogens is 4. The maximum Gasteiger partial charge on any atom is 0.573 e. The molecule has 0 bridgehead atoms. The maximum absolute atomic E-state index is 12.0. The maximum atomic E-state index is 12.0. The second-order valence-corrected chi connectivity index (χ2v) is 4.81. The smallest absolute Gasteiger partial charge is 0.406 e. The second kappa shape index (κ2) is 5.65. The Morgan fingerprint density at radius 3 is 1.89 bits per heavy atom. The van der Waals surface area contributed by atoms with Crippen LogP contribution in [0.4, 0.5) is 13.2 Å². The van der Waals surface area contributed by atoms with Crippen molar-refractivity contribution in [1.82, 2.24) is 0 Å². The molecule has 100 valence electrons. The molecule has 0 heterocycles. The van der Waals surface area contributed by atoms with E-state index in [1.807, 2.05) is 30.3 Å². The largest absolute Gasteiger partial charge is 0.573 e. The van der Waals surface area contributed by atoms with Crippen LogP contribution >= 0.6 is 15.9 Å². The average Bonchev–Trinajstić information content (AvgIpc) is 2.38. The highest BCUT2D eigenvalue weighted by atomic mass is 79.9. The zero-order valence-corrected chi connectivity index (χ0v) is 11.3. The SMILES string of the molecule is FC(F)(F)Oc1ccc(C(Br)c2ccccc2)cc1. The predicted octanol–water partition coefficient (Wildman–Crippen LogP) is 5.07. The lowest BCUT2D eigenvalue weighted by atomic mass is 10.1. The molecule has 0 aliphatic heterocycles. The standard InChI is InChI=1S/C14H10BrF3O/c15-13(10-4-2-1-3-5-10)11-6-8-12(9-7-11)19-14(16,17)18/h1-9,13H. The Bertz CT molecular complexity index is 523. The highest BCUT2D eigenvalue weighted by Crippen LogP contribution is 2.32. The number of alkyl halides is 4. The molecule has 19 heavy (non-hydrogen) atoms. The molecule has 0 aromatic heterocycles. The molecule has 1 atom stereocenters. The Hall–Kier alpha value is -1.49. The summed E-state index contributed by atoms with van der Waals surface area (Å²) in [5.41, 5.74) is 1.90. The van der Waals surface area contributed by atoms with E-state index >= 15 is 0 Å². The second-order valence-electron chi connectivity index (χ2n) is 3.89. The lowest BCUT2D eigenvalue weighted by molar-refractivity contribution is -0.274. The van der Waals surface area contributed by atoms with E-state index < -0.39 is 6.36 Å². The van der Waals surface area contributed by atoms with Gasteiger partial charge in [0, 0.05) is 0 Å². The average molecular weight is 331 g/mol. The van der Waals surface area contributed by atoms with Crippen LogP contribution in [0.25, 0.3) is 0 Å². The van der Waals surface area contributed by atoms with Gasteiger partial charge in [-0.1, -0.05) is 58.4 Å². The summed E-state index contributed by atoms with van der Waals surface area (Å²) in [5.74, 6) is -0.219. The normalized spacial score (nSPS) is 13.1. The number of rotatable bonds is 3. The molecular weight excluding hydrogens is 321 g/mol. The fourth-order valence-corrected chi connectivity index (χ4v) is 2.26. The van der Waals surface area contributed by atoms with Gasteiger partial charge in [0.1, 0.15) is 5.75 Å². The van der Waals surface area contributed by atoms with Gasteiger partial charge in [-0.25, -0.2) is 0 Å². The summed E-state index contributed by atoms with van der Waals surface area (Å²) < 4.78 is 39.9. The van der Waals surface area contributed by atoms with Crippen LogP contribution in [0.15, 0.2) is 54.6 Å². The van der Waals surface area contributed by atoms with Crippen LogP contribution in [-0.4, -0.2) is 6.36 Å². The van der Waals surface area contributed by atoms with Gasteiger partial charge in [-0.05, 0) is 23.3 Å². The zero-order chi connectivity index (χ0) is 13.9. The summed E-state index contributed by atoms with van der Waals surface area (Å²) in [6.45, 7) is 0. The monoisotopic (exact) mass is 330 g/mol. The Balaban J connectivity index is 2.15. The van der Waals surface area contributed by atoms with Crippen molar-refractivity contribution in [2.45, 2.75) is 11.2 Å². The third-order valence-corrected chi connectivity index (χ3v) is 3.56. The van der Waals surface area contributed by atoms with E-state index in [9.17, 15) is 13.2 Å². The minimum absolute atomic E-state index is 0.0614. The molecule has 0 aliphatic carbocycles. The molecule has 1 unspecified atom stereocenters. The molecule has 0 N–H and O–H groups in total. The lowest BCUT2D eigenvalue weighted by Gasteiger charge is -2.12. The quantitative estimate of drug-likeness (QED) is 0.714. The predicted molar refractivity (Wildman–Crippen MR) is 70.3 cm³/mol. The molecule has 0 aliphatic rings. The van der Waals surface area contributed by atoms with Crippen molar-refractivity contribution in [3.05, 3.63) is 65.7 Å². The van der Waals surface area contributed by atoms with Crippen LogP contribution in [-0.2, 0) is 0 Å². The molecule has 5 heteroatoms. The van der Waals surface area contributed by atoms with Crippen LogP contribution in [0.3, 0.4) is 0 Å². The van der Waals surface area contributed by atoms with Gasteiger partial charge in [-0.2, -0.15) is 0 Å². The van der Waals surface area contributed by atoms with E-state index in [1.165, 1.54) is 12.1 Å². The van der Waals surface area contributed by atoms with Gasteiger partial charge < -0.3 is 4.74 Å². The molecule has 2 aromatic rings. The Morgan fingerprint density at radius 1 is 0.842 bits per heavy atom. The van der Waals surface area contributed by atoms with Crippen molar-refractivity contribution in [3.63, 3.8) is 0 Å². The molecule has 1 nitrogen and oxygen atoms in total. The van der Waals surface area contributed by atoms with E-state index in [2.05, 4.69) is 20.7 Å². The van der Waals surface area contributed by atoms with Gasteiger partial charge in [0.2, 0.25) is 0 Å². The molecule has 0 saturated heterocycles. The van der Waals surface area contributed by atoms with Gasteiger partial charge in [-0.15, -0.1) is 13.2 Å². The van der Waals surface area contributed by atoms with Crippen molar-refractivity contribution in [3.8, 4) is 5.75 Å². The molecular formula is C14H10BrF3O. The summed E-state index contributed by atoms with van der Waals surface area (Å²) in [5, 5.41) is 0. The topological polar surface area (TPSA) is 9.23 Å². The summed E-state index contributed by atoms with van der Waals surface area (Å²) in [6.07, 6.45) is -4.66. The van der Waals surface area contributed by atoms with Gasteiger partial charge in [0.25, 0.3) is 0 Å². The van der Waals surface area contributed by atoms with Crippen molar-refractivity contribution >= 4 is 15.9 Å². The molecule has 0 spiro atoms. The summed E-state index contributed by atoms with van der Waals surface area (Å²) in [6, 6.07) is 15.4. The van der Waals surface area contributed by atoms with E-state index in [4.69, 9.17) is 0 Å². The first-order valence-electron chi connectivity index (χ1n) is 5.50. The molecule has 0 saturated carbocycles. The molecule has 0 radical (unpaired) electrons. The molecule has 2 aromatic carbocycles. The van der Waals surface area contributed by atoms with Crippen LogP contribution in [0.1, 0.15) is 16.0 Å². The fourth-order valence-electron chi connectivity index (χ4n) is 1.65. The Kier molecular flexibility index (Phi) is 4.14. The Labute approximate surface area is 117 Å². The lowest BCUT2D eigenvalue weighted by Crippen LogP contribution is -2.17. The minimum Gasteiger partial charge on any atom is -0.406 e. The van der Waals surface area contributed by atoms with Crippen molar-refractivity contribution < 1.29 is 17.9 Å². The van der Waals surface area contributed by atoms with E-state index in [-0.39, 0.29) is 10.6 Å². The van der Waals surface area contributed by atoms with E-state index in [0.717, 1.165) is 11.1 Å². The van der Waals surface area contributed by atoms with Crippen molar-refractivity contribution in [1.29, 1.82) is 0 Å². The first-order valence-corrected chi connectivity index (χ1v) is 6.42. The first kappa shape index (κ1) is 13.9. The zero-order valence-electron chi connectivity index (χ0n) is 9.69. The van der Waals surface area contributed by atoms with Gasteiger partial charge in [-0.3, -0.25) is 0 Å².